The van der Waals surface area contributed by atoms with Crippen LogP contribution in [0.25, 0.3) is 0 Å². The molecular weight excluding hydrogens is 214 g/mol. The Morgan fingerprint density at radius 2 is 2.24 bits per heavy atom. The molecule has 0 aliphatic rings. The van der Waals surface area contributed by atoms with Crippen LogP contribution in [-0.4, -0.2) is 33.6 Å². The minimum Gasteiger partial charge on any atom is -0.394 e. The summed E-state index contributed by atoms with van der Waals surface area (Å²) in [5.74, 6) is 0. The number of aliphatic hydroxyl groups excluding tert-OH is 1. The first-order valence-corrected chi connectivity index (χ1v) is 6.50. The van der Waals surface area contributed by atoms with Crippen molar-refractivity contribution in [1.29, 1.82) is 0 Å². The van der Waals surface area contributed by atoms with Crippen molar-refractivity contribution in [2.75, 3.05) is 13.2 Å². The molecule has 0 saturated carbocycles. The highest BCUT2D eigenvalue weighted by Crippen LogP contribution is 2.17. The van der Waals surface area contributed by atoms with Crippen molar-refractivity contribution in [1.82, 2.24) is 15.1 Å². The number of aliphatic hydroxyl groups is 1. The van der Waals surface area contributed by atoms with Crippen molar-refractivity contribution in [2.45, 2.75) is 52.1 Å². The van der Waals surface area contributed by atoms with Gasteiger partial charge in [0.15, 0.2) is 0 Å². The van der Waals surface area contributed by atoms with Gasteiger partial charge in [0.1, 0.15) is 0 Å². The van der Waals surface area contributed by atoms with Crippen LogP contribution < -0.4 is 5.32 Å². The Kier molecular flexibility index (Phi) is 5.65. The summed E-state index contributed by atoms with van der Waals surface area (Å²) < 4.78 is 1.97. The molecule has 1 aromatic rings. The van der Waals surface area contributed by atoms with Crippen molar-refractivity contribution < 1.29 is 5.11 Å². The van der Waals surface area contributed by atoms with E-state index >= 15 is 0 Å². The quantitative estimate of drug-likeness (QED) is 0.726. The lowest BCUT2D eigenvalue weighted by Crippen LogP contribution is -2.48. The molecule has 0 aromatic carbocycles. The second-order valence-electron chi connectivity index (χ2n) is 4.71. The number of hydrogen-bond donors (Lipinski definition) is 2. The smallest absolute Gasteiger partial charge is 0.0613 e. The zero-order chi connectivity index (χ0) is 12.7. The number of nitrogens with zero attached hydrogens (tertiary/aromatic N) is 2. The molecule has 0 radical (unpaired) electrons. The molecule has 4 heteroatoms. The molecule has 0 spiro atoms. The van der Waals surface area contributed by atoms with Crippen molar-refractivity contribution in [2.24, 2.45) is 0 Å². The third-order valence-corrected chi connectivity index (χ3v) is 3.34. The average Bonchev–Trinajstić information content (AvgIpc) is 2.74. The first-order valence-electron chi connectivity index (χ1n) is 6.50. The Balaban J connectivity index is 2.41. The predicted octanol–water partition coefficient (Wildman–Crippen LogP) is 1.72. The van der Waals surface area contributed by atoms with Crippen molar-refractivity contribution in [3.8, 4) is 0 Å². The average molecular weight is 239 g/mol. The number of aryl methyl sites for hydroxylation is 2. The van der Waals surface area contributed by atoms with Crippen LogP contribution in [0.1, 0.15) is 38.7 Å². The lowest BCUT2D eigenvalue weighted by molar-refractivity contribution is 0.144. The van der Waals surface area contributed by atoms with Gasteiger partial charge < -0.3 is 10.4 Å². The second kappa shape index (κ2) is 6.77. The summed E-state index contributed by atoms with van der Waals surface area (Å²) in [6.07, 6.45) is 6.90. The van der Waals surface area contributed by atoms with Crippen molar-refractivity contribution in [3.05, 3.63) is 18.0 Å². The molecule has 4 nitrogen and oxygen atoms in total. The monoisotopic (exact) mass is 239 g/mol. The molecule has 1 heterocycles. The van der Waals surface area contributed by atoms with Gasteiger partial charge in [0.25, 0.3) is 0 Å². The lowest BCUT2D eigenvalue weighted by Gasteiger charge is -2.31. The van der Waals surface area contributed by atoms with Crippen LogP contribution >= 0.6 is 0 Å². The van der Waals surface area contributed by atoms with Gasteiger partial charge >= 0.3 is 0 Å². The Morgan fingerprint density at radius 3 is 2.71 bits per heavy atom. The molecule has 1 unspecified atom stereocenters. The summed E-state index contributed by atoms with van der Waals surface area (Å²) in [6, 6.07) is 0. The van der Waals surface area contributed by atoms with Gasteiger partial charge in [-0.2, -0.15) is 5.10 Å². The van der Waals surface area contributed by atoms with Crippen LogP contribution in [0.3, 0.4) is 0 Å². The fraction of sp³-hybridized carbons (Fsp3) is 0.769. The van der Waals surface area contributed by atoms with Gasteiger partial charge in [-0.3, -0.25) is 4.68 Å². The first kappa shape index (κ1) is 14.2. The number of rotatable bonds is 8. The normalized spacial score (nSPS) is 14.8. The van der Waals surface area contributed by atoms with E-state index in [1.165, 1.54) is 5.56 Å². The van der Waals surface area contributed by atoms with Gasteiger partial charge in [-0.25, -0.2) is 0 Å². The summed E-state index contributed by atoms with van der Waals surface area (Å²) in [7, 11) is 0. The largest absolute Gasteiger partial charge is 0.394 e. The van der Waals surface area contributed by atoms with Gasteiger partial charge in [-0.05, 0) is 38.3 Å². The molecule has 1 aromatic heterocycles. The topological polar surface area (TPSA) is 50.1 Å². The molecule has 0 aliphatic carbocycles. The van der Waals surface area contributed by atoms with E-state index in [-0.39, 0.29) is 12.1 Å². The van der Waals surface area contributed by atoms with E-state index in [1.807, 2.05) is 17.8 Å². The fourth-order valence-electron chi connectivity index (χ4n) is 2.18. The summed E-state index contributed by atoms with van der Waals surface area (Å²) in [4.78, 5) is 0. The number of nitrogens with one attached hydrogen (secondary N) is 1. The highest BCUT2D eigenvalue weighted by atomic mass is 16.3. The summed E-state index contributed by atoms with van der Waals surface area (Å²) in [5, 5.41) is 17.2. The Hall–Kier alpha value is -0.870. The van der Waals surface area contributed by atoms with Gasteiger partial charge in [0.2, 0.25) is 0 Å². The Labute approximate surface area is 104 Å². The molecule has 1 rings (SSSR count). The summed E-state index contributed by atoms with van der Waals surface area (Å²) in [6.45, 7) is 8.27. The van der Waals surface area contributed by atoms with Gasteiger partial charge in [-0.1, -0.05) is 13.8 Å². The number of aromatic nitrogens is 2. The summed E-state index contributed by atoms with van der Waals surface area (Å²) >= 11 is 0. The SMILES string of the molecule is CCNC(CC)(CO)CCCn1cc(C)cn1. The van der Waals surface area contributed by atoms with E-state index in [4.69, 9.17) is 0 Å². The first-order chi connectivity index (χ1) is 8.15. The van der Waals surface area contributed by atoms with Crippen LogP contribution in [0.4, 0.5) is 0 Å². The van der Waals surface area contributed by atoms with E-state index < -0.39 is 0 Å². The number of hydrogen-bond acceptors (Lipinski definition) is 3. The third kappa shape index (κ3) is 4.13. The molecule has 0 aliphatic heterocycles. The Morgan fingerprint density at radius 1 is 1.47 bits per heavy atom. The second-order valence-corrected chi connectivity index (χ2v) is 4.71. The third-order valence-electron chi connectivity index (χ3n) is 3.34. The maximum Gasteiger partial charge on any atom is 0.0613 e. The highest BCUT2D eigenvalue weighted by Gasteiger charge is 2.25. The molecule has 0 bridgehead atoms. The van der Waals surface area contributed by atoms with Gasteiger partial charge in [0.05, 0.1) is 12.8 Å². The van der Waals surface area contributed by atoms with Crippen LogP contribution in [0.15, 0.2) is 12.4 Å². The molecule has 1 atom stereocenters. The predicted molar refractivity (Wildman–Crippen MR) is 70.0 cm³/mol. The lowest BCUT2D eigenvalue weighted by atomic mass is 9.91. The zero-order valence-electron chi connectivity index (χ0n) is 11.2. The van der Waals surface area contributed by atoms with Crippen LogP contribution in [0.5, 0.6) is 0 Å². The van der Waals surface area contributed by atoms with Crippen LogP contribution in [0, 0.1) is 6.92 Å². The molecule has 0 saturated heterocycles. The molecule has 0 amide bonds. The summed E-state index contributed by atoms with van der Waals surface area (Å²) in [5.41, 5.74) is 1.08. The molecule has 98 valence electrons. The molecular formula is C13H25N3O. The van der Waals surface area contributed by atoms with Gasteiger partial charge in [0, 0.05) is 18.3 Å². The molecule has 0 fully saturated rings. The highest BCUT2D eigenvalue weighted by molar-refractivity contribution is 4.99. The zero-order valence-corrected chi connectivity index (χ0v) is 11.2. The number of likely N-dealkylation sites (N-methyl/N-ethyl adjacent to an activating group) is 1. The van der Waals surface area contributed by atoms with Crippen LogP contribution in [-0.2, 0) is 6.54 Å². The van der Waals surface area contributed by atoms with E-state index in [9.17, 15) is 5.11 Å². The maximum absolute atomic E-state index is 9.52. The van der Waals surface area contributed by atoms with Crippen LogP contribution in [0.2, 0.25) is 0 Å². The van der Waals surface area contributed by atoms with Crippen molar-refractivity contribution in [3.63, 3.8) is 0 Å². The minimum atomic E-state index is -0.114. The van der Waals surface area contributed by atoms with Gasteiger partial charge in [-0.15, -0.1) is 0 Å². The fourth-order valence-corrected chi connectivity index (χ4v) is 2.18. The Bertz CT molecular complexity index is 318. The molecule has 2 N–H and O–H groups in total. The molecule has 17 heavy (non-hydrogen) atoms. The minimum absolute atomic E-state index is 0.114. The van der Waals surface area contributed by atoms with E-state index in [1.54, 1.807) is 0 Å². The maximum atomic E-state index is 9.52. The van der Waals surface area contributed by atoms with E-state index in [2.05, 4.69) is 30.5 Å². The van der Waals surface area contributed by atoms with Crippen molar-refractivity contribution >= 4 is 0 Å². The standard InChI is InChI=1S/C13H25N3O/c1-4-13(11-17,14-5-2)7-6-8-16-10-12(3)9-15-16/h9-10,14,17H,4-8,11H2,1-3H3. The van der Waals surface area contributed by atoms with E-state index in [0.29, 0.717) is 0 Å². The van der Waals surface area contributed by atoms with E-state index in [0.717, 1.165) is 32.4 Å².